The highest BCUT2D eigenvalue weighted by molar-refractivity contribution is 6.24. The summed E-state index contributed by atoms with van der Waals surface area (Å²) in [6.07, 6.45) is 1.67. The number of carboxylic acid groups (broad SMARTS) is 1. The summed E-state index contributed by atoms with van der Waals surface area (Å²) in [6, 6.07) is 27.6. The van der Waals surface area contributed by atoms with Crippen molar-refractivity contribution in [2.45, 2.75) is 31.5 Å². The molecule has 1 aromatic heterocycles. The fourth-order valence-electron chi connectivity index (χ4n) is 7.21. The molecule has 0 spiro atoms. The van der Waals surface area contributed by atoms with Gasteiger partial charge in [0.1, 0.15) is 12.1 Å². The van der Waals surface area contributed by atoms with Gasteiger partial charge in [-0.05, 0) is 54.4 Å². The number of imide groups is 1. The minimum Gasteiger partial charge on any atom is -0.493 e. The molecule has 10 heteroatoms. The average molecular weight is 644 g/mol. The first-order valence-corrected chi connectivity index (χ1v) is 15.6. The number of carbonyl (C=O) groups excluding carboxylic acids is 3. The van der Waals surface area contributed by atoms with E-state index >= 15 is 0 Å². The number of aliphatic carboxylic acids is 1. The number of hydrogen-bond donors (Lipinski definition) is 3. The molecule has 5 aromatic rings. The minimum atomic E-state index is -1.87. The number of nitrogens with one attached hydrogen (secondary N) is 2. The molecule has 0 saturated carbocycles. The lowest BCUT2D eigenvalue weighted by Gasteiger charge is -2.31. The number of aromatic nitrogens is 1. The fraction of sp³-hybridized carbons (Fsp3) is 0.211. The number of carbonyl (C=O) groups is 4. The minimum absolute atomic E-state index is 0.0790. The number of Topliss-reactive ketones (excluding diaryl/α,β-unsaturated/α-hetero) is 1. The van der Waals surface area contributed by atoms with Gasteiger partial charge in [-0.15, -0.1) is 0 Å². The quantitative estimate of drug-likeness (QED) is 0.135. The molecule has 10 nitrogen and oxygen atoms in total. The van der Waals surface area contributed by atoms with Gasteiger partial charge in [0.2, 0.25) is 11.8 Å². The van der Waals surface area contributed by atoms with E-state index in [1.54, 1.807) is 36.5 Å². The monoisotopic (exact) mass is 643 g/mol. The molecule has 0 aliphatic carbocycles. The first-order valence-electron chi connectivity index (χ1n) is 15.6. The Morgan fingerprint density at radius 1 is 0.896 bits per heavy atom. The number of carboxylic acids is 1. The molecule has 4 aromatic carbocycles. The number of methoxy groups -OCH3 is 1. The van der Waals surface area contributed by atoms with Gasteiger partial charge in [0.05, 0.1) is 24.6 Å². The number of ketones is 1. The van der Waals surface area contributed by atoms with Crippen LogP contribution in [0.15, 0.2) is 103 Å². The number of rotatable bonds is 10. The molecule has 2 aliphatic heterocycles. The summed E-state index contributed by atoms with van der Waals surface area (Å²) in [5, 5.41) is 15.2. The van der Waals surface area contributed by atoms with Crippen LogP contribution in [0, 0.1) is 11.8 Å². The first-order chi connectivity index (χ1) is 23.2. The maximum absolute atomic E-state index is 14.5. The Hall–Kier alpha value is -5.74. The van der Waals surface area contributed by atoms with Gasteiger partial charge in [-0.2, -0.15) is 0 Å². The van der Waals surface area contributed by atoms with E-state index in [4.69, 9.17) is 9.47 Å². The molecule has 4 unspecified atom stereocenters. The Morgan fingerprint density at radius 2 is 1.62 bits per heavy atom. The zero-order valence-electron chi connectivity index (χ0n) is 26.3. The maximum Gasteiger partial charge on any atom is 0.325 e. The van der Waals surface area contributed by atoms with Crippen LogP contribution < -0.4 is 19.7 Å². The van der Waals surface area contributed by atoms with Crippen molar-refractivity contribution < 1.29 is 33.8 Å². The number of fused-ring (bicyclic) bond motifs is 2. The summed E-state index contributed by atoms with van der Waals surface area (Å²) in [4.78, 5) is 58.8. The molecule has 3 N–H and O–H groups in total. The molecule has 0 radical (unpaired) electrons. The lowest BCUT2D eigenvalue weighted by molar-refractivity contribution is -0.148. The van der Waals surface area contributed by atoms with Gasteiger partial charge in [0.15, 0.2) is 17.3 Å². The van der Waals surface area contributed by atoms with E-state index in [1.165, 1.54) is 26.2 Å². The molecule has 4 atom stereocenters. The standard InChI is InChI=1S/C38H33N3O7/c1-22(42)24-15-17-26(18-16-24)41-35(43)31-32(36(41)44)38(37(45)46,19-25-20-39-29-13-7-6-11-27(25)29)40-33(31)28-12-8-14-30(47-2)34(28)48-21-23-9-4-3-5-10-23/h3-18,20,31-33,39-40H,19,21H2,1-2H3,(H,45,46). The summed E-state index contributed by atoms with van der Waals surface area (Å²) in [6.45, 7) is 1.62. The Balaban J connectivity index is 1.37. The van der Waals surface area contributed by atoms with E-state index in [2.05, 4.69) is 10.3 Å². The predicted molar refractivity (Wildman–Crippen MR) is 178 cm³/mol. The number of anilines is 1. The van der Waals surface area contributed by atoms with Crippen molar-refractivity contribution in [2.75, 3.05) is 12.0 Å². The van der Waals surface area contributed by atoms with E-state index < -0.39 is 41.2 Å². The Morgan fingerprint density at radius 3 is 2.33 bits per heavy atom. The van der Waals surface area contributed by atoms with Crippen LogP contribution in [0.5, 0.6) is 11.5 Å². The molecule has 3 heterocycles. The van der Waals surface area contributed by atoms with Gasteiger partial charge in [-0.25, -0.2) is 4.90 Å². The van der Waals surface area contributed by atoms with Gasteiger partial charge in [-0.1, -0.05) is 60.7 Å². The van der Waals surface area contributed by atoms with E-state index in [0.717, 1.165) is 21.4 Å². The normalized spacial score (nSPS) is 21.8. The van der Waals surface area contributed by atoms with Crippen LogP contribution in [0.1, 0.15) is 40.0 Å². The Labute approximate surface area is 276 Å². The third kappa shape index (κ3) is 5.01. The number of amides is 2. The lowest BCUT2D eigenvalue weighted by atomic mass is 9.76. The van der Waals surface area contributed by atoms with Gasteiger partial charge < -0.3 is 19.6 Å². The number of aromatic amines is 1. The lowest BCUT2D eigenvalue weighted by Crippen LogP contribution is -2.57. The third-order valence-electron chi connectivity index (χ3n) is 9.50. The fourth-order valence-corrected chi connectivity index (χ4v) is 7.21. The summed E-state index contributed by atoms with van der Waals surface area (Å²) in [5.74, 6) is -4.22. The summed E-state index contributed by atoms with van der Waals surface area (Å²) < 4.78 is 12.0. The summed E-state index contributed by atoms with van der Waals surface area (Å²) >= 11 is 0. The SMILES string of the molecule is COc1cccc(C2NC(Cc3c[nH]c4ccccc34)(C(=O)O)C3C(=O)N(c4ccc(C(C)=O)cc4)C(=O)C23)c1OCc1ccccc1. The summed E-state index contributed by atoms with van der Waals surface area (Å²) in [7, 11) is 1.51. The maximum atomic E-state index is 14.5. The number of ether oxygens (including phenoxy) is 2. The molecule has 48 heavy (non-hydrogen) atoms. The zero-order chi connectivity index (χ0) is 33.6. The summed E-state index contributed by atoms with van der Waals surface area (Å²) in [5.41, 5.74) is 1.73. The second kappa shape index (κ2) is 12.1. The second-order valence-electron chi connectivity index (χ2n) is 12.2. The van der Waals surface area contributed by atoms with Crippen LogP contribution in [-0.4, -0.2) is 46.3 Å². The highest BCUT2D eigenvalue weighted by Crippen LogP contribution is 2.53. The first kappa shape index (κ1) is 30.9. The smallest absolute Gasteiger partial charge is 0.325 e. The van der Waals surface area contributed by atoms with Crippen LogP contribution in [0.25, 0.3) is 10.9 Å². The van der Waals surface area contributed by atoms with Crippen molar-refractivity contribution in [3.8, 4) is 11.5 Å². The van der Waals surface area contributed by atoms with Crippen molar-refractivity contribution in [1.82, 2.24) is 10.3 Å². The molecule has 2 fully saturated rings. The van der Waals surface area contributed by atoms with Crippen LogP contribution in [-0.2, 0) is 27.4 Å². The van der Waals surface area contributed by atoms with Gasteiger partial charge in [-0.3, -0.25) is 24.5 Å². The number of benzene rings is 4. The van der Waals surface area contributed by atoms with Crippen molar-refractivity contribution >= 4 is 40.2 Å². The molecular formula is C38H33N3O7. The van der Waals surface area contributed by atoms with E-state index in [9.17, 15) is 24.3 Å². The van der Waals surface area contributed by atoms with Crippen LogP contribution in [0.4, 0.5) is 5.69 Å². The number of hydrogen-bond acceptors (Lipinski definition) is 7. The molecular weight excluding hydrogens is 610 g/mol. The van der Waals surface area contributed by atoms with Crippen LogP contribution in [0.3, 0.4) is 0 Å². The molecule has 2 amide bonds. The van der Waals surface area contributed by atoms with Crippen LogP contribution in [0.2, 0.25) is 0 Å². The predicted octanol–water partition coefficient (Wildman–Crippen LogP) is 5.47. The van der Waals surface area contributed by atoms with Gasteiger partial charge >= 0.3 is 5.97 Å². The molecule has 2 aliphatic rings. The Kier molecular flexibility index (Phi) is 7.80. The average Bonchev–Trinajstić information content (AvgIpc) is 3.75. The molecule has 7 rings (SSSR count). The topological polar surface area (TPSA) is 138 Å². The van der Waals surface area contributed by atoms with Crippen molar-refractivity contribution in [3.63, 3.8) is 0 Å². The molecule has 2 saturated heterocycles. The highest BCUT2D eigenvalue weighted by Gasteiger charge is 2.69. The molecule has 242 valence electrons. The van der Waals surface area contributed by atoms with E-state index in [0.29, 0.717) is 28.2 Å². The third-order valence-corrected chi connectivity index (χ3v) is 9.50. The number of H-pyrrole nitrogens is 1. The highest BCUT2D eigenvalue weighted by atomic mass is 16.5. The number of nitrogens with zero attached hydrogens (tertiary/aromatic N) is 1. The largest absolute Gasteiger partial charge is 0.493 e. The van der Waals surface area contributed by atoms with E-state index in [-0.39, 0.29) is 24.5 Å². The number of para-hydroxylation sites is 2. The van der Waals surface area contributed by atoms with Crippen LogP contribution >= 0.6 is 0 Å². The van der Waals surface area contributed by atoms with Crippen molar-refractivity contribution in [2.24, 2.45) is 11.8 Å². The van der Waals surface area contributed by atoms with Gasteiger partial charge in [0.25, 0.3) is 0 Å². The zero-order valence-corrected chi connectivity index (χ0v) is 26.3. The second-order valence-corrected chi connectivity index (χ2v) is 12.2. The molecule has 0 bridgehead atoms. The Bertz CT molecular complexity index is 2060. The van der Waals surface area contributed by atoms with Crippen molar-refractivity contribution in [1.29, 1.82) is 0 Å². The van der Waals surface area contributed by atoms with Crippen molar-refractivity contribution in [3.05, 3.63) is 126 Å². The van der Waals surface area contributed by atoms with E-state index in [1.807, 2.05) is 54.6 Å². The van der Waals surface area contributed by atoms with Gasteiger partial charge in [0, 0.05) is 40.7 Å².